The number of hydrogen-bond donors (Lipinski definition) is 0. The van der Waals surface area contributed by atoms with Crippen molar-refractivity contribution in [1.29, 1.82) is 0 Å². The quantitative estimate of drug-likeness (QED) is 0.768. The summed E-state index contributed by atoms with van der Waals surface area (Å²) < 4.78 is 23.2. The number of para-hydroxylation sites is 1. The summed E-state index contributed by atoms with van der Waals surface area (Å²) >= 11 is 9.71. The number of nitrogens with zero attached hydrogens (tertiary/aromatic N) is 1. The summed E-state index contributed by atoms with van der Waals surface area (Å²) in [6, 6.07) is 5.72. The van der Waals surface area contributed by atoms with Gasteiger partial charge in [0.2, 0.25) is 0 Å². The fourth-order valence-corrected chi connectivity index (χ4v) is 4.63. The number of halogens is 2. The van der Waals surface area contributed by atoms with Gasteiger partial charge in [-0.25, -0.2) is 8.42 Å². The molecular weight excluding hydrogens is 338 g/mol. The molecule has 1 aromatic rings. The average Bonchev–Trinajstić information content (AvgIpc) is 2.29. The van der Waals surface area contributed by atoms with Crippen LogP contribution in [0.1, 0.15) is 12.5 Å². The Morgan fingerprint density at radius 2 is 2.22 bits per heavy atom. The fourth-order valence-electron chi connectivity index (χ4n) is 2.32. The Labute approximate surface area is 121 Å². The lowest BCUT2D eigenvalue weighted by atomic mass is 10.1. The first-order chi connectivity index (χ1) is 8.44. The molecule has 0 saturated carbocycles. The molecule has 1 atom stereocenters. The number of hydrogen-bond acceptors (Lipinski definition) is 3. The predicted molar refractivity (Wildman–Crippen MR) is 79.5 cm³/mol. The zero-order valence-corrected chi connectivity index (χ0v) is 13.2. The standard InChI is InChI=1S/C12H15BrClNO2S/c1-9-8-18(16,17)6-5-15(9)12-10(7-13)3-2-4-11(12)14/h2-4,9H,5-8H2,1H3. The maximum absolute atomic E-state index is 11.6. The van der Waals surface area contributed by atoms with Gasteiger partial charge in [0.1, 0.15) is 0 Å². The molecule has 0 spiro atoms. The molecule has 1 aliphatic rings. The van der Waals surface area contributed by atoms with Crippen molar-refractivity contribution in [3.63, 3.8) is 0 Å². The van der Waals surface area contributed by atoms with Crippen LogP contribution < -0.4 is 4.90 Å². The van der Waals surface area contributed by atoms with Crippen LogP contribution in [0.2, 0.25) is 5.02 Å². The van der Waals surface area contributed by atoms with Crippen LogP contribution in [0, 0.1) is 0 Å². The van der Waals surface area contributed by atoms with Crippen LogP contribution in [0.25, 0.3) is 0 Å². The third kappa shape index (κ3) is 2.83. The summed E-state index contributed by atoms with van der Waals surface area (Å²) in [6.45, 7) is 2.44. The van der Waals surface area contributed by atoms with Gasteiger partial charge in [-0.3, -0.25) is 0 Å². The minimum atomic E-state index is -2.90. The Hall–Kier alpha value is -0.260. The number of benzene rings is 1. The van der Waals surface area contributed by atoms with E-state index in [9.17, 15) is 8.42 Å². The van der Waals surface area contributed by atoms with Gasteiger partial charge in [-0.05, 0) is 18.6 Å². The van der Waals surface area contributed by atoms with Crippen LogP contribution in [-0.4, -0.2) is 32.5 Å². The Morgan fingerprint density at radius 1 is 1.50 bits per heavy atom. The first-order valence-corrected chi connectivity index (χ1v) is 9.07. The Bertz CT molecular complexity index is 547. The molecule has 0 amide bonds. The molecule has 0 bridgehead atoms. The molecule has 1 fully saturated rings. The lowest BCUT2D eigenvalue weighted by Crippen LogP contribution is -2.47. The second-order valence-electron chi connectivity index (χ2n) is 4.54. The molecule has 100 valence electrons. The number of rotatable bonds is 2. The van der Waals surface area contributed by atoms with E-state index in [2.05, 4.69) is 20.8 Å². The van der Waals surface area contributed by atoms with Crippen molar-refractivity contribution < 1.29 is 8.42 Å². The molecule has 1 unspecified atom stereocenters. The summed E-state index contributed by atoms with van der Waals surface area (Å²) in [5.41, 5.74) is 2.05. The van der Waals surface area contributed by atoms with Crippen LogP contribution in [0.3, 0.4) is 0 Å². The summed E-state index contributed by atoms with van der Waals surface area (Å²) in [5, 5.41) is 1.39. The first-order valence-electron chi connectivity index (χ1n) is 5.75. The van der Waals surface area contributed by atoms with E-state index in [4.69, 9.17) is 11.6 Å². The van der Waals surface area contributed by atoms with Crippen molar-refractivity contribution in [2.24, 2.45) is 0 Å². The van der Waals surface area contributed by atoms with E-state index < -0.39 is 9.84 Å². The third-order valence-electron chi connectivity index (χ3n) is 3.17. The smallest absolute Gasteiger partial charge is 0.154 e. The van der Waals surface area contributed by atoms with Crippen LogP contribution >= 0.6 is 27.5 Å². The largest absolute Gasteiger partial charge is 0.365 e. The van der Waals surface area contributed by atoms with Gasteiger partial charge in [0, 0.05) is 17.9 Å². The van der Waals surface area contributed by atoms with Gasteiger partial charge >= 0.3 is 0 Å². The second-order valence-corrected chi connectivity index (χ2v) is 7.73. The van der Waals surface area contributed by atoms with Crippen molar-refractivity contribution in [2.75, 3.05) is 23.0 Å². The fraction of sp³-hybridized carbons (Fsp3) is 0.500. The molecule has 2 rings (SSSR count). The molecule has 1 aromatic carbocycles. The third-order valence-corrected chi connectivity index (χ3v) is 5.88. The Kier molecular flexibility index (Phi) is 4.24. The van der Waals surface area contributed by atoms with Crippen LogP contribution in [0.4, 0.5) is 5.69 Å². The van der Waals surface area contributed by atoms with Gasteiger partial charge in [0.25, 0.3) is 0 Å². The average molecular weight is 353 g/mol. The van der Waals surface area contributed by atoms with E-state index in [1.54, 1.807) is 0 Å². The van der Waals surface area contributed by atoms with Gasteiger partial charge in [0.05, 0.1) is 22.2 Å². The zero-order chi connectivity index (χ0) is 13.3. The minimum Gasteiger partial charge on any atom is -0.365 e. The highest BCUT2D eigenvalue weighted by Gasteiger charge is 2.30. The highest BCUT2D eigenvalue weighted by molar-refractivity contribution is 9.08. The van der Waals surface area contributed by atoms with E-state index in [0.29, 0.717) is 16.9 Å². The van der Waals surface area contributed by atoms with E-state index >= 15 is 0 Å². The van der Waals surface area contributed by atoms with E-state index in [1.165, 1.54) is 0 Å². The lowest BCUT2D eigenvalue weighted by molar-refractivity contribution is 0.568. The monoisotopic (exact) mass is 351 g/mol. The molecule has 1 saturated heterocycles. The van der Waals surface area contributed by atoms with Crippen LogP contribution in [-0.2, 0) is 15.2 Å². The molecular formula is C12H15BrClNO2S. The Balaban J connectivity index is 2.38. The highest BCUT2D eigenvalue weighted by atomic mass is 79.9. The SMILES string of the molecule is CC1CS(=O)(=O)CCN1c1c(Cl)cccc1CBr. The zero-order valence-electron chi connectivity index (χ0n) is 10.1. The van der Waals surface area contributed by atoms with Gasteiger partial charge < -0.3 is 4.90 Å². The summed E-state index contributed by atoms with van der Waals surface area (Å²) in [5.74, 6) is 0.393. The number of alkyl halides is 1. The summed E-state index contributed by atoms with van der Waals surface area (Å²) in [6.07, 6.45) is 0. The molecule has 6 heteroatoms. The van der Waals surface area contributed by atoms with Gasteiger partial charge in [-0.15, -0.1) is 0 Å². The first kappa shape index (κ1) is 14.2. The lowest BCUT2D eigenvalue weighted by Gasteiger charge is -2.36. The van der Waals surface area contributed by atoms with E-state index in [1.807, 2.05) is 25.1 Å². The second kappa shape index (κ2) is 5.39. The number of sulfone groups is 1. The molecule has 3 nitrogen and oxygen atoms in total. The van der Waals surface area contributed by atoms with Crippen molar-refractivity contribution in [1.82, 2.24) is 0 Å². The number of anilines is 1. The molecule has 0 N–H and O–H groups in total. The minimum absolute atomic E-state index is 0.0403. The molecule has 1 heterocycles. The van der Waals surface area contributed by atoms with E-state index in [-0.39, 0.29) is 17.5 Å². The molecule has 1 aliphatic heterocycles. The maximum atomic E-state index is 11.6. The van der Waals surface area contributed by atoms with Gasteiger partial charge in [-0.1, -0.05) is 39.7 Å². The molecule has 0 aliphatic carbocycles. The summed E-state index contributed by atoms with van der Waals surface area (Å²) in [4.78, 5) is 2.10. The van der Waals surface area contributed by atoms with Crippen LogP contribution in [0.5, 0.6) is 0 Å². The molecule has 0 radical (unpaired) electrons. The highest BCUT2D eigenvalue weighted by Crippen LogP contribution is 2.34. The van der Waals surface area contributed by atoms with Crippen molar-refractivity contribution in [3.8, 4) is 0 Å². The predicted octanol–water partition coefficient (Wildman–Crippen LogP) is 2.86. The van der Waals surface area contributed by atoms with Crippen molar-refractivity contribution in [2.45, 2.75) is 18.3 Å². The maximum Gasteiger partial charge on any atom is 0.154 e. The molecule has 0 aromatic heterocycles. The molecule has 18 heavy (non-hydrogen) atoms. The summed E-state index contributed by atoms with van der Waals surface area (Å²) in [7, 11) is -2.90. The van der Waals surface area contributed by atoms with Gasteiger partial charge in [-0.2, -0.15) is 0 Å². The van der Waals surface area contributed by atoms with Crippen molar-refractivity contribution >= 4 is 43.1 Å². The van der Waals surface area contributed by atoms with Gasteiger partial charge in [0.15, 0.2) is 9.84 Å². The van der Waals surface area contributed by atoms with Crippen molar-refractivity contribution in [3.05, 3.63) is 28.8 Å². The topological polar surface area (TPSA) is 37.4 Å². The van der Waals surface area contributed by atoms with Crippen LogP contribution in [0.15, 0.2) is 18.2 Å². The Morgan fingerprint density at radius 3 is 2.83 bits per heavy atom. The van der Waals surface area contributed by atoms with E-state index in [0.717, 1.165) is 11.3 Å². The normalized spacial score (nSPS) is 23.1.